The van der Waals surface area contributed by atoms with E-state index in [1.165, 1.54) is 17.5 Å². The zero-order valence-electron chi connectivity index (χ0n) is 10.8. The second-order valence-electron chi connectivity index (χ2n) is 4.16. The summed E-state index contributed by atoms with van der Waals surface area (Å²) in [6, 6.07) is 6.48. The summed E-state index contributed by atoms with van der Waals surface area (Å²) >= 11 is 3.60. The van der Waals surface area contributed by atoms with Crippen molar-refractivity contribution < 1.29 is 4.74 Å². The highest BCUT2D eigenvalue weighted by molar-refractivity contribution is 9.10. The van der Waals surface area contributed by atoms with Gasteiger partial charge in [0.2, 0.25) is 0 Å². The Labute approximate surface area is 113 Å². The van der Waals surface area contributed by atoms with Gasteiger partial charge in [0.25, 0.3) is 0 Å². The van der Waals surface area contributed by atoms with Crippen LogP contribution in [0.5, 0.6) is 0 Å². The molecule has 2 nitrogen and oxygen atoms in total. The minimum Gasteiger partial charge on any atom is -0.377 e. The molecule has 0 heterocycles. The fourth-order valence-corrected chi connectivity index (χ4v) is 2.09. The average molecular weight is 300 g/mol. The first-order valence-corrected chi connectivity index (χ1v) is 7.13. The lowest BCUT2D eigenvalue weighted by atomic mass is 10.1. The van der Waals surface area contributed by atoms with Crippen LogP contribution in [0.25, 0.3) is 0 Å². The van der Waals surface area contributed by atoms with Gasteiger partial charge in [0.1, 0.15) is 0 Å². The zero-order chi connectivity index (χ0) is 12.5. The molecule has 17 heavy (non-hydrogen) atoms. The molecular weight excluding hydrogens is 278 g/mol. The Morgan fingerprint density at radius 1 is 1.24 bits per heavy atom. The number of rotatable bonds is 8. The monoisotopic (exact) mass is 299 g/mol. The molecule has 0 atom stereocenters. The second-order valence-corrected chi connectivity index (χ2v) is 5.01. The van der Waals surface area contributed by atoms with E-state index in [2.05, 4.69) is 53.3 Å². The summed E-state index contributed by atoms with van der Waals surface area (Å²) in [6.07, 6.45) is 2.24. The average Bonchev–Trinajstić information content (AvgIpc) is 2.32. The molecule has 0 fully saturated rings. The molecule has 0 unspecified atom stereocenters. The van der Waals surface area contributed by atoms with Gasteiger partial charge in [-0.25, -0.2) is 0 Å². The third-order valence-electron chi connectivity index (χ3n) is 2.48. The molecule has 96 valence electrons. The topological polar surface area (TPSA) is 21.3 Å². The number of hydrogen-bond donors (Lipinski definition) is 1. The van der Waals surface area contributed by atoms with Gasteiger partial charge >= 0.3 is 0 Å². The maximum absolute atomic E-state index is 5.54. The lowest BCUT2D eigenvalue weighted by molar-refractivity contribution is 0.121. The minimum atomic E-state index is 0.692. The molecule has 1 aromatic rings. The van der Waals surface area contributed by atoms with E-state index in [-0.39, 0.29) is 0 Å². The fraction of sp³-hybridized carbons (Fsp3) is 0.571. The molecule has 0 radical (unpaired) electrons. The number of benzene rings is 1. The fourth-order valence-electron chi connectivity index (χ4n) is 1.55. The van der Waals surface area contributed by atoms with Gasteiger partial charge in [0, 0.05) is 17.6 Å². The number of ether oxygens (including phenoxy) is 1. The maximum Gasteiger partial charge on any atom is 0.0727 e. The predicted octanol–water partition coefficient (Wildman–Crippen LogP) is 3.88. The van der Waals surface area contributed by atoms with E-state index < -0.39 is 0 Å². The molecule has 1 N–H and O–H groups in total. The second kappa shape index (κ2) is 8.67. The SMILES string of the molecule is CCCNCc1ccc(COCCC)c(Br)c1. The van der Waals surface area contributed by atoms with E-state index in [1.54, 1.807) is 0 Å². The van der Waals surface area contributed by atoms with Crippen molar-refractivity contribution >= 4 is 15.9 Å². The van der Waals surface area contributed by atoms with Gasteiger partial charge in [0.15, 0.2) is 0 Å². The van der Waals surface area contributed by atoms with Crippen LogP contribution < -0.4 is 5.32 Å². The Balaban J connectivity index is 2.47. The third kappa shape index (κ3) is 5.66. The van der Waals surface area contributed by atoms with Gasteiger partial charge in [0.05, 0.1) is 6.61 Å². The van der Waals surface area contributed by atoms with Crippen LogP contribution in [0.1, 0.15) is 37.8 Å². The molecule has 0 spiro atoms. The largest absolute Gasteiger partial charge is 0.377 e. The van der Waals surface area contributed by atoms with Crippen LogP contribution in [-0.4, -0.2) is 13.2 Å². The Hall–Kier alpha value is -0.380. The van der Waals surface area contributed by atoms with Crippen LogP contribution in [0.3, 0.4) is 0 Å². The molecule has 0 saturated carbocycles. The van der Waals surface area contributed by atoms with Gasteiger partial charge < -0.3 is 10.1 Å². The van der Waals surface area contributed by atoms with E-state index in [4.69, 9.17) is 4.74 Å². The summed E-state index contributed by atoms with van der Waals surface area (Å²) in [5, 5.41) is 3.40. The van der Waals surface area contributed by atoms with Crippen molar-refractivity contribution in [1.29, 1.82) is 0 Å². The van der Waals surface area contributed by atoms with E-state index in [9.17, 15) is 0 Å². The van der Waals surface area contributed by atoms with Crippen LogP contribution in [0.2, 0.25) is 0 Å². The van der Waals surface area contributed by atoms with Crippen molar-refractivity contribution in [3.05, 3.63) is 33.8 Å². The molecule has 0 amide bonds. The first kappa shape index (κ1) is 14.7. The molecule has 3 heteroatoms. The van der Waals surface area contributed by atoms with Crippen LogP contribution >= 0.6 is 15.9 Å². The summed E-state index contributed by atoms with van der Waals surface area (Å²) in [5.74, 6) is 0. The standard InChI is InChI=1S/C14H22BrNO/c1-3-7-16-10-12-5-6-13(14(15)9-12)11-17-8-4-2/h5-6,9,16H,3-4,7-8,10-11H2,1-2H3. The summed E-state index contributed by atoms with van der Waals surface area (Å²) in [7, 11) is 0. The minimum absolute atomic E-state index is 0.692. The van der Waals surface area contributed by atoms with Crippen LogP contribution in [0.4, 0.5) is 0 Å². The summed E-state index contributed by atoms with van der Waals surface area (Å²) in [4.78, 5) is 0. The Bertz CT molecular complexity index is 328. The lowest BCUT2D eigenvalue weighted by Crippen LogP contribution is -2.13. The smallest absolute Gasteiger partial charge is 0.0727 e. The van der Waals surface area contributed by atoms with Crippen LogP contribution in [0, 0.1) is 0 Å². The van der Waals surface area contributed by atoms with E-state index in [0.29, 0.717) is 6.61 Å². The molecule has 0 aliphatic carbocycles. The normalized spacial score (nSPS) is 10.8. The zero-order valence-corrected chi connectivity index (χ0v) is 12.3. The van der Waals surface area contributed by atoms with Crippen molar-refractivity contribution in [3.63, 3.8) is 0 Å². The Kier molecular flexibility index (Phi) is 7.49. The van der Waals surface area contributed by atoms with E-state index >= 15 is 0 Å². The van der Waals surface area contributed by atoms with Crippen molar-refractivity contribution in [2.45, 2.75) is 39.8 Å². The van der Waals surface area contributed by atoms with Crippen molar-refractivity contribution in [2.75, 3.05) is 13.2 Å². The first-order chi connectivity index (χ1) is 8.27. The van der Waals surface area contributed by atoms with Crippen LogP contribution in [0.15, 0.2) is 22.7 Å². The van der Waals surface area contributed by atoms with Gasteiger partial charge in [-0.05, 0) is 36.6 Å². The molecule has 0 aliphatic rings. The molecule has 1 rings (SSSR count). The Morgan fingerprint density at radius 2 is 2.06 bits per heavy atom. The van der Waals surface area contributed by atoms with Crippen molar-refractivity contribution in [3.8, 4) is 0 Å². The molecule has 0 saturated heterocycles. The highest BCUT2D eigenvalue weighted by atomic mass is 79.9. The van der Waals surface area contributed by atoms with E-state index in [1.807, 2.05) is 0 Å². The summed E-state index contributed by atoms with van der Waals surface area (Å²) in [5.41, 5.74) is 2.53. The van der Waals surface area contributed by atoms with Gasteiger partial charge in [-0.1, -0.05) is 41.9 Å². The molecule has 0 aromatic heterocycles. The lowest BCUT2D eigenvalue weighted by Gasteiger charge is -2.08. The van der Waals surface area contributed by atoms with Gasteiger partial charge in [-0.15, -0.1) is 0 Å². The summed E-state index contributed by atoms with van der Waals surface area (Å²) in [6.45, 7) is 7.82. The molecule has 1 aromatic carbocycles. The predicted molar refractivity (Wildman–Crippen MR) is 76.1 cm³/mol. The quantitative estimate of drug-likeness (QED) is 0.736. The third-order valence-corrected chi connectivity index (χ3v) is 3.22. The Morgan fingerprint density at radius 3 is 2.71 bits per heavy atom. The highest BCUT2D eigenvalue weighted by Crippen LogP contribution is 2.19. The number of nitrogens with one attached hydrogen (secondary N) is 1. The summed E-state index contributed by atoms with van der Waals surface area (Å²) < 4.78 is 6.69. The van der Waals surface area contributed by atoms with Crippen molar-refractivity contribution in [1.82, 2.24) is 5.32 Å². The highest BCUT2D eigenvalue weighted by Gasteiger charge is 2.01. The van der Waals surface area contributed by atoms with Gasteiger partial charge in [-0.2, -0.15) is 0 Å². The van der Waals surface area contributed by atoms with Gasteiger partial charge in [-0.3, -0.25) is 0 Å². The molecule has 0 bridgehead atoms. The van der Waals surface area contributed by atoms with Crippen molar-refractivity contribution in [2.24, 2.45) is 0 Å². The van der Waals surface area contributed by atoms with E-state index in [0.717, 1.165) is 30.6 Å². The maximum atomic E-state index is 5.54. The molecular formula is C14H22BrNO. The van der Waals surface area contributed by atoms with Crippen LogP contribution in [-0.2, 0) is 17.9 Å². The first-order valence-electron chi connectivity index (χ1n) is 6.33. The molecule has 0 aliphatic heterocycles. The number of hydrogen-bond acceptors (Lipinski definition) is 2. The number of halogens is 1.